The molecule has 218 valence electrons. The Hall–Kier alpha value is -2.58. The molecule has 5 atom stereocenters. The Balaban J connectivity index is 1.78. The molecule has 3 aliphatic rings. The van der Waals surface area contributed by atoms with Gasteiger partial charge in [0.2, 0.25) is 11.8 Å². The summed E-state index contributed by atoms with van der Waals surface area (Å²) in [6, 6.07) is 5.35. The van der Waals surface area contributed by atoms with E-state index in [1.165, 1.54) is 0 Å². The van der Waals surface area contributed by atoms with Gasteiger partial charge in [-0.2, -0.15) is 0 Å². The van der Waals surface area contributed by atoms with Crippen LogP contribution >= 0.6 is 11.8 Å². The number of amides is 3. The Labute approximate surface area is 243 Å². The van der Waals surface area contributed by atoms with Crippen molar-refractivity contribution in [3.63, 3.8) is 0 Å². The smallest absolute Gasteiger partial charge is 0.251 e. The Kier molecular flexibility index (Phi) is 9.20. The molecule has 1 spiro atoms. The minimum absolute atomic E-state index is 0.0384. The number of anilines is 1. The van der Waals surface area contributed by atoms with Crippen molar-refractivity contribution in [3.05, 3.63) is 54.6 Å². The molecule has 8 heteroatoms. The molecule has 1 N–H and O–H groups in total. The van der Waals surface area contributed by atoms with E-state index in [2.05, 4.69) is 20.1 Å². The van der Waals surface area contributed by atoms with Crippen molar-refractivity contribution in [2.24, 2.45) is 11.8 Å². The average molecular weight is 568 g/mol. The fourth-order valence-electron chi connectivity index (χ4n) is 7.39. The van der Waals surface area contributed by atoms with E-state index in [4.69, 9.17) is 0 Å². The molecule has 2 bridgehead atoms. The number of likely N-dealkylation sites (tertiary alicyclic amines) is 1. The normalized spacial score (nSPS) is 28.5. The van der Waals surface area contributed by atoms with Gasteiger partial charge >= 0.3 is 0 Å². The van der Waals surface area contributed by atoms with E-state index in [0.29, 0.717) is 19.6 Å². The fourth-order valence-corrected chi connectivity index (χ4v) is 9.73. The Morgan fingerprint density at radius 1 is 1.07 bits per heavy atom. The lowest BCUT2D eigenvalue weighted by molar-refractivity contribution is -0.144. The molecule has 7 nitrogen and oxygen atoms in total. The van der Waals surface area contributed by atoms with Gasteiger partial charge in [0.05, 0.1) is 16.6 Å². The summed E-state index contributed by atoms with van der Waals surface area (Å²) in [5.41, 5.74) is 2.86. The number of unbranched alkanes of at least 4 members (excludes halogenated alkanes) is 3. The minimum atomic E-state index is -0.656. The molecule has 4 rings (SSSR count). The molecule has 0 radical (unpaired) electrons. The fraction of sp³-hybridized carbons (Fsp3) is 0.594. The SMILES string of the molecule is C=CCN(C)C(=O)[C@H]1[C@H]2C(=O)N(CCCCCCO)C(C(=O)N(CC=C)c3c(C)cccc3C)C23CC[C@]1(C)S3. The van der Waals surface area contributed by atoms with Crippen LogP contribution in [0.25, 0.3) is 0 Å². The van der Waals surface area contributed by atoms with Crippen molar-refractivity contribution in [1.29, 1.82) is 0 Å². The summed E-state index contributed by atoms with van der Waals surface area (Å²) >= 11 is 1.71. The van der Waals surface area contributed by atoms with Crippen LogP contribution in [0, 0.1) is 25.7 Å². The van der Waals surface area contributed by atoms with E-state index in [9.17, 15) is 19.5 Å². The standard InChI is InChI=1S/C32H45N3O4S/c1-7-18-33(6)28(37)24-25-29(38)35(20-11-9-10-12-21-36)27(32(25)17-16-31(24,5)40-32)30(39)34(19-8-2)26-22(3)14-13-15-23(26)4/h7-8,13-15,24-25,27,36H,1-2,9-12,16-21H2,3-6H3/t24-,25+,27?,31+,32?/m1/s1. The highest BCUT2D eigenvalue weighted by molar-refractivity contribution is 8.02. The molecule has 3 saturated heterocycles. The van der Waals surface area contributed by atoms with E-state index in [1.807, 2.05) is 32.0 Å². The number of aliphatic hydroxyl groups is 1. The van der Waals surface area contributed by atoms with Crippen LogP contribution in [-0.4, -0.2) is 81.5 Å². The van der Waals surface area contributed by atoms with Gasteiger partial charge in [-0.05, 0) is 57.6 Å². The lowest BCUT2D eigenvalue weighted by atomic mass is 9.66. The maximum absolute atomic E-state index is 14.8. The van der Waals surface area contributed by atoms with Crippen LogP contribution in [0.15, 0.2) is 43.5 Å². The van der Waals surface area contributed by atoms with E-state index in [-0.39, 0.29) is 24.3 Å². The number of para-hydroxylation sites is 1. The molecule has 1 aromatic carbocycles. The van der Waals surface area contributed by atoms with Crippen molar-refractivity contribution in [3.8, 4) is 0 Å². The molecular weight excluding hydrogens is 522 g/mol. The third-order valence-electron chi connectivity index (χ3n) is 9.15. The summed E-state index contributed by atoms with van der Waals surface area (Å²) in [6.07, 6.45) is 8.18. The van der Waals surface area contributed by atoms with E-state index in [0.717, 1.165) is 55.3 Å². The summed E-state index contributed by atoms with van der Waals surface area (Å²) < 4.78 is -1.06. The maximum atomic E-state index is 14.8. The van der Waals surface area contributed by atoms with Gasteiger partial charge in [0.1, 0.15) is 6.04 Å². The Bertz CT molecular complexity index is 1150. The number of carbonyl (C=O) groups is 3. The molecule has 40 heavy (non-hydrogen) atoms. The lowest BCUT2D eigenvalue weighted by Crippen LogP contribution is -2.55. The second-order valence-corrected chi connectivity index (χ2v) is 13.8. The van der Waals surface area contributed by atoms with Crippen LogP contribution in [0.5, 0.6) is 0 Å². The molecule has 3 amide bonds. The summed E-state index contributed by atoms with van der Waals surface area (Å²) in [5, 5.41) is 9.20. The van der Waals surface area contributed by atoms with Crippen LogP contribution in [-0.2, 0) is 14.4 Å². The molecule has 0 aromatic heterocycles. The summed E-state index contributed by atoms with van der Waals surface area (Å²) in [5.74, 6) is -1.21. The minimum Gasteiger partial charge on any atom is -0.396 e. The number of hydrogen-bond acceptors (Lipinski definition) is 5. The van der Waals surface area contributed by atoms with Crippen molar-refractivity contribution in [2.45, 2.75) is 74.8 Å². The van der Waals surface area contributed by atoms with Crippen LogP contribution in [0.2, 0.25) is 0 Å². The van der Waals surface area contributed by atoms with Crippen LogP contribution < -0.4 is 4.90 Å². The van der Waals surface area contributed by atoms with E-state index < -0.39 is 27.4 Å². The van der Waals surface area contributed by atoms with Gasteiger partial charge in [-0.1, -0.05) is 43.2 Å². The number of likely N-dealkylation sites (N-methyl/N-ethyl adjacent to an activating group) is 1. The monoisotopic (exact) mass is 567 g/mol. The molecule has 0 saturated carbocycles. The van der Waals surface area contributed by atoms with Gasteiger partial charge in [-0.15, -0.1) is 24.9 Å². The summed E-state index contributed by atoms with van der Waals surface area (Å²) in [7, 11) is 1.77. The number of fused-ring (bicyclic) bond motifs is 1. The third kappa shape index (κ3) is 5.02. The van der Waals surface area contributed by atoms with Gasteiger partial charge < -0.3 is 19.8 Å². The topological polar surface area (TPSA) is 81.2 Å². The predicted molar refractivity (Wildman–Crippen MR) is 162 cm³/mol. The first-order valence-corrected chi connectivity index (χ1v) is 15.4. The van der Waals surface area contributed by atoms with Crippen molar-refractivity contribution < 1.29 is 19.5 Å². The Morgan fingerprint density at radius 2 is 1.73 bits per heavy atom. The zero-order valence-corrected chi connectivity index (χ0v) is 25.3. The molecule has 3 aliphatic heterocycles. The lowest BCUT2D eigenvalue weighted by Gasteiger charge is -2.38. The number of benzene rings is 1. The summed E-state index contributed by atoms with van der Waals surface area (Å²) in [4.78, 5) is 48.3. The number of aliphatic hydroxyl groups excluding tert-OH is 1. The second-order valence-electron chi connectivity index (χ2n) is 11.9. The van der Waals surface area contributed by atoms with E-state index >= 15 is 0 Å². The van der Waals surface area contributed by atoms with Gasteiger partial charge in [0.25, 0.3) is 5.91 Å². The first kappa shape index (κ1) is 30.4. The second kappa shape index (κ2) is 12.1. The van der Waals surface area contributed by atoms with E-state index in [1.54, 1.807) is 45.7 Å². The molecule has 3 fully saturated rings. The highest BCUT2D eigenvalue weighted by Crippen LogP contribution is 2.71. The first-order valence-electron chi connectivity index (χ1n) is 14.5. The van der Waals surface area contributed by atoms with Crippen LogP contribution in [0.3, 0.4) is 0 Å². The van der Waals surface area contributed by atoms with Gasteiger partial charge in [-0.3, -0.25) is 14.4 Å². The maximum Gasteiger partial charge on any atom is 0.251 e. The van der Waals surface area contributed by atoms with Crippen molar-refractivity contribution in [1.82, 2.24) is 9.80 Å². The number of aryl methyl sites for hydroxylation is 2. The number of carbonyl (C=O) groups excluding carboxylic acids is 3. The highest BCUT2D eigenvalue weighted by atomic mass is 32.2. The summed E-state index contributed by atoms with van der Waals surface area (Å²) in [6.45, 7) is 15.2. The number of hydrogen-bond donors (Lipinski definition) is 1. The van der Waals surface area contributed by atoms with Gasteiger partial charge in [0, 0.05) is 43.7 Å². The number of thioether (sulfide) groups is 1. The van der Waals surface area contributed by atoms with Crippen molar-refractivity contribution in [2.75, 3.05) is 38.2 Å². The van der Waals surface area contributed by atoms with Crippen molar-refractivity contribution >= 4 is 35.2 Å². The largest absolute Gasteiger partial charge is 0.396 e. The third-order valence-corrected chi connectivity index (χ3v) is 11.1. The first-order chi connectivity index (χ1) is 19.1. The number of rotatable bonds is 13. The number of nitrogens with zero attached hydrogens (tertiary/aromatic N) is 3. The molecule has 1 aromatic rings. The predicted octanol–water partition coefficient (Wildman–Crippen LogP) is 4.50. The molecule has 2 unspecified atom stereocenters. The highest BCUT2D eigenvalue weighted by Gasteiger charge is 2.77. The van der Waals surface area contributed by atoms with Gasteiger partial charge in [-0.25, -0.2) is 0 Å². The zero-order valence-electron chi connectivity index (χ0n) is 24.5. The van der Waals surface area contributed by atoms with Crippen LogP contribution in [0.1, 0.15) is 56.6 Å². The zero-order chi connectivity index (χ0) is 29.2. The van der Waals surface area contributed by atoms with Crippen LogP contribution in [0.4, 0.5) is 5.69 Å². The quantitative estimate of drug-likeness (QED) is 0.280. The molecule has 0 aliphatic carbocycles. The van der Waals surface area contributed by atoms with Gasteiger partial charge in [0.15, 0.2) is 0 Å². The molecular formula is C32H45N3O4S. The average Bonchev–Trinajstić information content (AvgIpc) is 3.48. The molecule has 3 heterocycles. The Morgan fingerprint density at radius 3 is 2.35 bits per heavy atom.